The van der Waals surface area contributed by atoms with Gasteiger partial charge in [-0.3, -0.25) is 14.4 Å². The van der Waals surface area contributed by atoms with Crippen LogP contribution in [-0.4, -0.2) is 47.8 Å². The monoisotopic (exact) mass is 337 g/mol. The topological polar surface area (TPSA) is 78.5 Å². The van der Waals surface area contributed by atoms with Crippen molar-refractivity contribution >= 4 is 17.7 Å². The number of piperidine rings is 1. The van der Waals surface area contributed by atoms with E-state index in [2.05, 4.69) is 10.6 Å². The van der Waals surface area contributed by atoms with Crippen molar-refractivity contribution in [3.8, 4) is 0 Å². The zero-order valence-corrected chi connectivity index (χ0v) is 15.0. The number of likely N-dealkylation sites (tertiary alicyclic amines) is 1. The molecule has 0 aromatic carbocycles. The third-order valence-corrected chi connectivity index (χ3v) is 5.35. The van der Waals surface area contributed by atoms with Crippen LogP contribution in [0.1, 0.15) is 65.2 Å². The molecule has 2 fully saturated rings. The van der Waals surface area contributed by atoms with E-state index in [1.807, 2.05) is 6.92 Å². The average molecular weight is 337 g/mol. The van der Waals surface area contributed by atoms with Crippen molar-refractivity contribution in [2.45, 2.75) is 70.8 Å². The maximum absolute atomic E-state index is 12.7. The minimum atomic E-state index is -0.734. The number of carbonyl (C=O) groups is 3. The molecule has 1 saturated carbocycles. The smallest absolute Gasteiger partial charge is 0.245 e. The first-order valence-corrected chi connectivity index (χ1v) is 9.34. The highest BCUT2D eigenvalue weighted by molar-refractivity contribution is 5.92. The first-order chi connectivity index (χ1) is 11.5. The Labute approximate surface area is 144 Å². The van der Waals surface area contributed by atoms with Crippen LogP contribution in [0.2, 0.25) is 0 Å². The Morgan fingerprint density at radius 3 is 2.25 bits per heavy atom. The maximum Gasteiger partial charge on any atom is 0.245 e. The Balaban J connectivity index is 1.97. The van der Waals surface area contributed by atoms with Crippen molar-refractivity contribution in [1.82, 2.24) is 15.5 Å². The van der Waals surface area contributed by atoms with Crippen molar-refractivity contribution in [2.75, 3.05) is 19.6 Å². The summed E-state index contributed by atoms with van der Waals surface area (Å²) in [4.78, 5) is 38.6. The van der Waals surface area contributed by atoms with Gasteiger partial charge >= 0.3 is 0 Å². The van der Waals surface area contributed by atoms with E-state index in [9.17, 15) is 14.4 Å². The van der Waals surface area contributed by atoms with Gasteiger partial charge in [-0.25, -0.2) is 0 Å². The molecule has 0 aromatic heterocycles. The Bertz CT molecular complexity index is 464. The SMILES string of the molecule is CCCNC(=O)C1(NC(=O)C2CCN(C(C)=O)CC2)CCCCC1. The Morgan fingerprint density at radius 2 is 1.71 bits per heavy atom. The molecule has 6 heteroatoms. The second kappa shape index (κ2) is 8.49. The fraction of sp³-hybridized carbons (Fsp3) is 0.833. The molecule has 0 bridgehead atoms. The molecule has 2 rings (SSSR count). The molecule has 6 nitrogen and oxygen atoms in total. The number of nitrogens with zero attached hydrogens (tertiary/aromatic N) is 1. The number of amides is 3. The zero-order valence-electron chi connectivity index (χ0n) is 15.0. The largest absolute Gasteiger partial charge is 0.354 e. The molecule has 2 aliphatic rings. The normalized spacial score (nSPS) is 21.2. The van der Waals surface area contributed by atoms with Gasteiger partial charge in [-0.1, -0.05) is 26.2 Å². The van der Waals surface area contributed by atoms with E-state index in [4.69, 9.17) is 0 Å². The van der Waals surface area contributed by atoms with Gasteiger partial charge in [-0.15, -0.1) is 0 Å². The second-order valence-electron chi connectivity index (χ2n) is 7.17. The number of carbonyl (C=O) groups excluding carboxylic acids is 3. The molecule has 1 heterocycles. The molecular formula is C18H31N3O3. The van der Waals surface area contributed by atoms with Crippen molar-refractivity contribution in [3.05, 3.63) is 0 Å². The molecule has 0 radical (unpaired) electrons. The summed E-state index contributed by atoms with van der Waals surface area (Å²) >= 11 is 0. The van der Waals surface area contributed by atoms with E-state index in [1.54, 1.807) is 11.8 Å². The van der Waals surface area contributed by atoms with Crippen LogP contribution in [0.4, 0.5) is 0 Å². The fourth-order valence-corrected chi connectivity index (χ4v) is 3.77. The van der Waals surface area contributed by atoms with E-state index in [0.717, 1.165) is 38.5 Å². The Hall–Kier alpha value is -1.59. The molecule has 0 aromatic rings. The van der Waals surface area contributed by atoms with Crippen molar-refractivity contribution in [2.24, 2.45) is 5.92 Å². The van der Waals surface area contributed by atoms with Crippen LogP contribution in [0.15, 0.2) is 0 Å². The number of hydrogen-bond donors (Lipinski definition) is 2. The van der Waals surface area contributed by atoms with E-state index in [0.29, 0.717) is 32.5 Å². The molecule has 1 aliphatic heterocycles. The van der Waals surface area contributed by atoms with E-state index >= 15 is 0 Å². The predicted octanol–water partition coefficient (Wildman–Crippen LogP) is 1.59. The summed E-state index contributed by atoms with van der Waals surface area (Å²) in [5.41, 5.74) is -0.734. The summed E-state index contributed by atoms with van der Waals surface area (Å²) in [6, 6.07) is 0. The molecule has 0 unspecified atom stereocenters. The van der Waals surface area contributed by atoms with Gasteiger partial charge in [0.05, 0.1) is 0 Å². The number of nitrogens with one attached hydrogen (secondary N) is 2. The second-order valence-corrected chi connectivity index (χ2v) is 7.17. The quantitative estimate of drug-likeness (QED) is 0.800. The van der Waals surface area contributed by atoms with Gasteiger partial charge in [-0.2, -0.15) is 0 Å². The van der Waals surface area contributed by atoms with Gasteiger partial charge in [0.1, 0.15) is 5.54 Å². The van der Waals surface area contributed by atoms with Crippen LogP contribution < -0.4 is 10.6 Å². The zero-order chi connectivity index (χ0) is 17.6. The van der Waals surface area contributed by atoms with E-state index < -0.39 is 5.54 Å². The van der Waals surface area contributed by atoms with Crippen LogP contribution in [0.3, 0.4) is 0 Å². The van der Waals surface area contributed by atoms with Crippen LogP contribution in [0.25, 0.3) is 0 Å². The average Bonchev–Trinajstić information content (AvgIpc) is 2.60. The van der Waals surface area contributed by atoms with Crippen LogP contribution in [0.5, 0.6) is 0 Å². The van der Waals surface area contributed by atoms with Gasteiger partial charge in [0.2, 0.25) is 17.7 Å². The van der Waals surface area contributed by atoms with Gasteiger partial charge < -0.3 is 15.5 Å². The summed E-state index contributed by atoms with van der Waals surface area (Å²) in [6.07, 6.45) is 6.76. The van der Waals surface area contributed by atoms with Crippen molar-refractivity contribution in [1.29, 1.82) is 0 Å². The molecule has 136 valence electrons. The molecule has 0 atom stereocenters. The number of hydrogen-bond acceptors (Lipinski definition) is 3. The Kier molecular flexibility index (Phi) is 6.63. The molecule has 1 saturated heterocycles. The lowest BCUT2D eigenvalue weighted by Gasteiger charge is -2.39. The van der Waals surface area contributed by atoms with Gasteiger partial charge in [0.25, 0.3) is 0 Å². The lowest BCUT2D eigenvalue weighted by atomic mass is 9.80. The standard InChI is InChI=1S/C18H31N3O3/c1-3-11-19-17(24)18(9-5-4-6-10-18)20-16(23)15-7-12-21(13-8-15)14(2)22/h15H,3-13H2,1-2H3,(H,19,24)(H,20,23). The number of rotatable bonds is 5. The van der Waals surface area contributed by atoms with Gasteiger partial charge in [-0.05, 0) is 32.1 Å². The minimum Gasteiger partial charge on any atom is -0.354 e. The Morgan fingerprint density at radius 1 is 1.08 bits per heavy atom. The molecular weight excluding hydrogens is 306 g/mol. The van der Waals surface area contributed by atoms with Crippen molar-refractivity contribution < 1.29 is 14.4 Å². The van der Waals surface area contributed by atoms with Crippen LogP contribution in [0, 0.1) is 5.92 Å². The molecule has 1 aliphatic carbocycles. The molecule has 3 amide bonds. The predicted molar refractivity (Wildman–Crippen MR) is 92.2 cm³/mol. The molecule has 0 spiro atoms. The van der Waals surface area contributed by atoms with Crippen molar-refractivity contribution in [3.63, 3.8) is 0 Å². The van der Waals surface area contributed by atoms with Crippen LogP contribution in [-0.2, 0) is 14.4 Å². The lowest BCUT2D eigenvalue weighted by Crippen LogP contribution is -2.61. The third-order valence-electron chi connectivity index (χ3n) is 5.35. The first-order valence-electron chi connectivity index (χ1n) is 9.34. The van der Waals surface area contributed by atoms with E-state index in [-0.39, 0.29) is 23.6 Å². The minimum absolute atomic E-state index is 0.0215. The summed E-state index contributed by atoms with van der Waals surface area (Å²) in [6.45, 7) is 5.49. The summed E-state index contributed by atoms with van der Waals surface area (Å²) in [5, 5.41) is 6.07. The first kappa shape index (κ1) is 18.7. The van der Waals surface area contributed by atoms with Gasteiger partial charge in [0.15, 0.2) is 0 Å². The van der Waals surface area contributed by atoms with E-state index in [1.165, 1.54) is 0 Å². The highest BCUT2D eigenvalue weighted by Gasteiger charge is 2.42. The van der Waals surface area contributed by atoms with Gasteiger partial charge in [0, 0.05) is 32.5 Å². The highest BCUT2D eigenvalue weighted by atomic mass is 16.2. The highest BCUT2D eigenvalue weighted by Crippen LogP contribution is 2.30. The third kappa shape index (κ3) is 4.48. The fourth-order valence-electron chi connectivity index (χ4n) is 3.77. The lowest BCUT2D eigenvalue weighted by molar-refractivity contribution is -0.139. The molecule has 2 N–H and O–H groups in total. The summed E-state index contributed by atoms with van der Waals surface area (Å²) < 4.78 is 0. The maximum atomic E-state index is 12.7. The van der Waals surface area contributed by atoms with Crippen LogP contribution >= 0.6 is 0 Å². The molecule has 24 heavy (non-hydrogen) atoms. The summed E-state index contributed by atoms with van der Waals surface area (Å²) in [5.74, 6) is -0.0831. The summed E-state index contributed by atoms with van der Waals surface area (Å²) in [7, 11) is 0.